The number of hydrogen-bond acceptors (Lipinski definition) is 4. The normalized spacial score (nSPS) is 13.8. The third-order valence-corrected chi connectivity index (χ3v) is 2.53. The Kier molecular flexibility index (Phi) is 3.29. The first-order chi connectivity index (χ1) is 8.50. The third kappa shape index (κ3) is 2.19. The quantitative estimate of drug-likeness (QED) is 0.648. The number of benzene rings is 1. The molecule has 1 aromatic rings. The average Bonchev–Trinajstić information content (AvgIpc) is 2.54. The van der Waals surface area contributed by atoms with Gasteiger partial charge in [-0.25, -0.2) is 0 Å². The molecule has 94 valence electrons. The molecule has 1 aliphatic rings. The summed E-state index contributed by atoms with van der Waals surface area (Å²) in [5, 5.41) is 3.48. The molecular formula is C12H12N2O3S. The van der Waals surface area contributed by atoms with Gasteiger partial charge < -0.3 is 10.2 Å². The van der Waals surface area contributed by atoms with E-state index in [2.05, 4.69) is 5.32 Å². The van der Waals surface area contributed by atoms with Gasteiger partial charge in [-0.3, -0.25) is 9.59 Å². The van der Waals surface area contributed by atoms with Crippen LogP contribution in [0.15, 0.2) is 24.3 Å². The summed E-state index contributed by atoms with van der Waals surface area (Å²) in [7, 11) is 0. The van der Waals surface area contributed by atoms with Gasteiger partial charge in [0.25, 0.3) is 17.0 Å². The van der Waals surface area contributed by atoms with E-state index >= 15 is 0 Å². The Bertz CT molecular complexity index is 493. The maximum atomic E-state index is 11.9. The molecule has 0 saturated heterocycles. The lowest BCUT2D eigenvalue weighted by Gasteiger charge is -2.17. The third-order valence-electron chi connectivity index (χ3n) is 2.34. The molecule has 6 heteroatoms. The standard InChI is InChI=1S/C12H12N2O3S/c1-7(2)13-12(18)17-14-10(15)8-5-3-4-6-9(8)11(14)16/h3-7H,1-2H3,(H,13,18). The zero-order valence-corrected chi connectivity index (χ0v) is 10.8. The number of hydroxylamine groups is 2. The van der Waals surface area contributed by atoms with Crippen molar-refractivity contribution in [1.82, 2.24) is 10.4 Å². The van der Waals surface area contributed by atoms with Gasteiger partial charge in [0.05, 0.1) is 11.1 Å². The first kappa shape index (κ1) is 12.5. The predicted molar refractivity (Wildman–Crippen MR) is 68.9 cm³/mol. The topological polar surface area (TPSA) is 58.6 Å². The Labute approximate surface area is 110 Å². The van der Waals surface area contributed by atoms with Crippen molar-refractivity contribution >= 4 is 29.2 Å². The average molecular weight is 264 g/mol. The van der Waals surface area contributed by atoms with Gasteiger partial charge in [-0.15, -0.1) is 0 Å². The van der Waals surface area contributed by atoms with Gasteiger partial charge in [-0.05, 0) is 38.2 Å². The van der Waals surface area contributed by atoms with Crippen LogP contribution in [-0.4, -0.2) is 28.1 Å². The summed E-state index contributed by atoms with van der Waals surface area (Å²) in [6.07, 6.45) is 0. The fourth-order valence-electron chi connectivity index (χ4n) is 1.60. The molecule has 0 aromatic heterocycles. The number of fused-ring (bicyclic) bond motifs is 1. The lowest BCUT2D eigenvalue weighted by atomic mass is 10.1. The minimum atomic E-state index is -0.497. The molecule has 0 fully saturated rings. The van der Waals surface area contributed by atoms with Crippen molar-refractivity contribution in [3.05, 3.63) is 35.4 Å². The number of hydrogen-bond donors (Lipinski definition) is 1. The van der Waals surface area contributed by atoms with Crippen LogP contribution in [-0.2, 0) is 4.84 Å². The van der Waals surface area contributed by atoms with E-state index in [1.807, 2.05) is 13.8 Å². The molecule has 18 heavy (non-hydrogen) atoms. The number of nitrogens with one attached hydrogen (secondary N) is 1. The molecule has 2 amide bonds. The Hall–Kier alpha value is -1.95. The van der Waals surface area contributed by atoms with Crippen molar-refractivity contribution in [3.8, 4) is 0 Å². The SMILES string of the molecule is CC(C)NC(=S)ON1C(=O)c2ccccc2C1=O. The summed E-state index contributed by atoms with van der Waals surface area (Å²) in [5.41, 5.74) is 0.657. The lowest BCUT2D eigenvalue weighted by molar-refractivity contribution is -0.0232. The summed E-state index contributed by atoms with van der Waals surface area (Å²) in [5.74, 6) is -0.994. The maximum absolute atomic E-state index is 11.9. The molecule has 0 bridgehead atoms. The van der Waals surface area contributed by atoms with E-state index in [0.29, 0.717) is 16.2 Å². The number of imide groups is 1. The highest BCUT2D eigenvalue weighted by atomic mass is 32.1. The first-order valence-corrected chi connectivity index (χ1v) is 5.88. The van der Waals surface area contributed by atoms with Gasteiger partial charge in [0, 0.05) is 6.04 Å². The van der Waals surface area contributed by atoms with Crippen molar-refractivity contribution in [2.24, 2.45) is 0 Å². The molecule has 0 atom stereocenters. The Morgan fingerprint density at radius 2 is 1.72 bits per heavy atom. The van der Waals surface area contributed by atoms with Gasteiger partial charge in [0.1, 0.15) is 0 Å². The summed E-state index contributed by atoms with van der Waals surface area (Å²) in [6, 6.07) is 6.61. The van der Waals surface area contributed by atoms with E-state index in [1.54, 1.807) is 24.3 Å². The number of amides is 2. The van der Waals surface area contributed by atoms with Gasteiger partial charge in [0.15, 0.2) is 0 Å². The van der Waals surface area contributed by atoms with E-state index in [1.165, 1.54) is 0 Å². The van der Waals surface area contributed by atoms with Crippen LogP contribution in [0.25, 0.3) is 0 Å². The largest absolute Gasteiger partial charge is 0.343 e. The molecule has 0 saturated carbocycles. The zero-order valence-electron chi connectivity index (χ0n) is 9.97. The summed E-state index contributed by atoms with van der Waals surface area (Å²) >= 11 is 4.90. The zero-order chi connectivity index (χ0) is 13.3. The smallest absolute Gasteiger partial charge is 0.295 e. The minimum absolute atomic E-state index is 0.000457. The second-order valence-corrected chi connectivity index (χ2v) is 4.50. The summed E-state index contributed by atoms with van der Waals surface area (Å²) in [6.45, 7) is 3.75. The van der Waals surface area contributed by atoms with Gasteiger partial charge in [-0.2, -0.15) is 0 Å². The predicted octanol–water partition coefficient (Wildman–Crippen LogP) is 1.50. The second kappa shape index (κ2) is 4.73. The van der Waals surface area contributed by atoms with Crippen LogP contribution in [0.1, 0.15) is 34.6 Å². The minimum Gasteiger partial charge on any atom is -0.343 e. The Morgan fingerprint density at radius 3 is 2.17 bits per heavy atom. The molecule has 1 aromatic carbocycles. The van der Waals surface area contributed by atoms with Crippen LogP contribution in [0.3, 0.4) is 0 Å². The molecule has 1 aliphatic heterocycles. The molecular weight excluding hydrogens is 252 g/mol. The van der Waals surface area contributed by atoms with Gasteiger partial charge in [-0.1, -0.05) is 17.2 Å². The molecule has 2 rings (SSSR count). The maximum Gasteiger partial charge on any atom is 0.295 e. The van der Waals surface area contributed by atoms with E-state index < -0.39 is 11.8 Å². The molecule has 0 unspecified atom stereocenters. The highest BCUT2D eigenvalue weighted by Gasteiger charge is 2.38. The summed E-state index contributed by atoms with van der Waals surface area (Å²) < 4.78 is 0. The number of thiocarbonyl (C=S) groups is 1. The van der Waals surface area contributed by atoms with E-state index in [0.717, 1.165) is 0 Å². The van der Waals surface area contributed by atoms with E-state index in [9.17, 15) is 9.59 Å². The second-order valence-electron chi connectivity index (χ2n) is 4.13. The van der Waals surface area contributed by atoms with Gasteiger partial charge in [0.2, 0.25) is 0 Å². The molecule has 1 N–H and O–H groups in total. The highest BCUT2D eigenvalue weighted by molar-refractivity contribution is 7.80. The number of carbonyl (C=O) groups excluding carboxylic acids is 2. The molecule has 0 aliphatic carbocycles. The number of nitrogens with zero attached hydrogens (tertiary/aromatic N) is 1. The first-order valence-electron chi connectivity index (χ1n) is 5.47. The Balaban J connectivity index is 2.16. The molecule has 1 heterocycles. The highest BCUT2D eigenvalue weighted by Crippen LogP contribution is 2.22. The lowest BCUT2D eigenvalue weighted by Crippen LogP contribution is -2.39. The Morgan fingerprint density at radius 1 is 1.22 bits per heavy atom. The number of carbonyl (C=O) groups is 2. The molecule has 5 nitrogen and oxygen atoms in total. The van der Waals surface area contributed by atoms with E-state index in [4.69, 9.17) is 17.1 Å². The van der Waals surface area contributed by atoms with Crippen molar-refractivity contribution in [3.63, 3.8) is 0 Å². The van der Waals surface area contributed by atoms with Crippen LogP contribution >= 0.6 is 12.2 Å². The fourth-order valence-corrected chi connectivity index (χ4v) is 1.91. The summed E-state index contributed by atoms with van der Waals surface area (Å²) in [4.78, 5) is 28.9. The van der Waals surface area contributed by atoms with E-state index in [-0.39, 0.29) is 11.2 Å². The van der Waals surface area contributed by atoms with Crippen LogP contribution in [0.4, 0.5) is 0 Å². The van der Waals surface area contributed by atoms with Crippen LogP contribution in [0, 0.1) is 0 Å². The molecule has 0 spiro atoms. The fraction of sp³-hybridized carbons (Fsp3) is 0.250. The monoisotopic (exact) mass is 264 g/mol. The van der Waals surface area contributed by atoms with Crippen molar-refractivity contribution in [1.29, 1.82) is 0 Å². The van der Waals surface area contributed by atoms with Crippen LogP contribution in [0.2, 0.25) is 0 Å². The van der Waals surface area contributed by atoms with Crippen molar-refractivity contribution in [2.75, 3.05) is 0 Å². The van der Waals surface area contributed by atoms with Crippen LogP contribution in [0.5, 0.6) is 0 Å². The molecule has 0 radical (unpaired) electrons. The van der Waals surface area contributed by atoms with Gasteiger partial charge >= 0.3 is 0 Å². The van der Waals surface area contributed by atoms with Crippen molar-refractivity contribution < 1.29 is 14.4 Å². The van der Waals surface area contributed by atoms with Crippen molar-refractivity contribution in [2.45, 2.75) is 19.9 Å². The number of rotatable bonds is 2. The van der Waals surface area contributed by atoms with Crippen LogP contribution < -0.4 is 5.32 Å².